The van der Waals surface area contributed by atoms with Gasteiger partial charge in [0.15, 0.2) is 6.61 Å². The molecular formula is C16H22N2O4. The number of aliphatic carboxylic acids is 1. The number of nitrogens with zero attached hydrogens (tertiary/aromatic N) is 2. The second-order valence-corrected chi connectivity index (χ2v) is 5.36. The minimum absolute atomic E-state index is 0.0436. The summed E-state index contributed by atoms with van der Waals surface area (Å²) in [6.07, 6.45) is 0. The molecule has 1 atom stereocenters. The maximum Gasteiger partial charge on any atom is 0.308 e. The lowest BCUT2D eigenvalue weighted by Gasteiger charge is -2.31. The van der Waals surface area contributed by atoms with Crippen LogP contribution < -0.4 is 14.5 Å². The van der Waals surface area contributed by atoms with Crippen LogP contribution in [0.25, 0.3) is 0 Å². The lowest BCUT2D eigenvalue weighted by Crippen LogP contribution is -2.38. The summed E-state index contributed by atoms with van der Waals surface area (Å²) in [5.74, 6) is -0.643. The third kappa shape index (κ3) is 3.16. The molecule has 0 spiro atoms. The zero-order chi connectivity index (χ0) is 16.3. The first-order chi connectivity index (χ1) is 10.5. The topological polar surface area (TPSA) is 70.1 Å². The highest BCUT2D eigenvalue weighted by atomic mass is 16.5. The number of carbonyl (C=O) groups excluding carboxylic acids is 1. The van der Waals surface area contributed by atoms with E-state index in [1.54, 1.807) is 11.8 Å². The average molecular weight is 306 g/mol. The fraction of sp³-hybridized carbons (Fsp3) is 0.500. The molecule has 2 rings (SSSR count). The van der Waals surface area contributed by atoms with E-state index >= 15 is 0 Å². The molecule has 0 fully saturated rings. The lowest BCUT2D eigenvalue weighted by molar-refractivity contribution is -0.140. The van der Waals surface area contributed by atoms with Crippen molar-refractivity contribution < 1.29 is 19.4 Å². The van der Waals surface area contributed by atoms with Crippen LogP contribution in [0, 0.1) is 5.92 Å². The van der Waals surface area contributed by atoms with Crippen molar-refractivity contribution in [1.82, 2.24) is 0 Å². The van der Waals surface area contributed by atoms with E-state index in [9.17, 15) is 9.59 Å². The third-order valence-electron chi connectivity index (χ3n) is 3.87. The number of amides is 1. The summed E-state index contributed by atoms with van der Waals surface area (Å²) in [6, 6.07) is 5.64. The molecule has 1 aromatic rings. The largest absolute Gasteiger partial charge is 0.481 e. The van der Waals surface area contributed by atoms with E-state index in [0.717, 1.165) is 11.4 Å². The molecule has 0 saturated heterocycles. The van der Waals surface area contributed by atoms with Crippen LogP contribution in [0.5, 0.6) is 5.75 Å². The Kier molecular flexibility index (Phi) is 4.90. The minimum Gasteiger partial charge on any atom is -0.481 e. The third-order valence-corrected chi connectivity index (χ3v) is 3.87. The van der Waals surface area contributed by atoms with E-state index in [1.807, 2.05) is 36.9 Å². The minimum atomic E-state index is -0.810. The van der Waals surface area contributed by atoms with Gasteiger partial charge >= 0.3 is 5.97 Å². The predicted molar refractivity (Wildman–Crippen MR) is 84.7 cm³/mol. The first kappa shape index (κ1) is 16.1. The quantitative estimate of drug-likeness (QED) is 0.870. The van der Waals surface area contributed by atoms with Gasteiger partial charge in [-0.1, -0.05) is 6.92 Å². The van der Waals surface area contributed by atoms with Crippen LogP contribution in [-0.2, 0) is 9.59 Å². The maximum absolute atomic E-state index is 11.8. The van der Waals surface area contributed by atoms with Crippen molar-refractivity contribution in [3.63, 3.8) is 0 Å². The molecule has 1 aliphatic rings. The molecule has 1 heterocycles. The number of hydrogen-bond donors (Lipinski definition) is 1. The van der Waals surface area contributed by atoms with E-state index in [-0.39, 0.29) is 12.5 Å². The number of carboxylic acid groups (broad SMARTS) is 1. The maximum atomic E-state index is 11.8. The summed E-state index contributed by atoms with van der Waals surface area (Å²) in [5, 5.41) is 9.07. The number of fused-ring (bicyclic) bond motifs is 1. The number of ether oxygens (including phenoxy) is 1. The second kappa shape index (κ2) is 6.68. The van der Waals surface area contributed by atoms with Crippen LogP contribution >= 0.6 is 0 Å². The van der Waals surface area contributed by atoms with Crippen LogP contribution in [0.3, 0.4) is 0 Å². The van der Waals surface area contributed by atoms with Gasteiger partial charge in [0.25, 0.3) is 5.91 Å². The summed E-state index contributed by atoms with van der Waals surface area (Å²) >= 11 is 0. The van der Waals surface area contributed by atoms with Gasteiger partial charge in [0.05, 0.1) is 11.6 Å². The van der Waals surface area contributed by atoms with Gasteiger partial charge in [0.1, 0.15) is 5.75 Å². The number of carbonyl (C=O) groups is 2. The standard InChI is InChI=1S/C16H22N2O4/c1-4-17(9-11(3)16(20)21)12-6-7-13-14(8-12)22-10-15(19)18(13)5-2/h6-8,11H,4-5,9-10H2,1-3H3,(H,20,21). The smallest absolute Gasteiger partial charge is 0.308 e. The summed E-state index contributed by atoms with van der Waals surface area (Å²) in [7, 11) is 0. The first-order valence-electron chi connectivity index (χ1n) is 7.52. The zero-order valence-corrected chi connectivity index (χ0v) is 13.2. The molecule has 0 saturated carbocycles. The number of likely N-dealkylation sites (N-methyl/N-ethyl adjacent to an activating group) is 1. The van der Waals surface area contributed by atoms with Crippen molar-refractivity contribution in [3.05, 3.63) is 18.2 Å². The first-order valence-corrected chi connectivity index (χ1v) is 7.52. The highest BCUT2D eigenvalue weighted by molar-refractivity contribution is 5.98. The van der Waals surface area contributed by atoms with Crippen LogP contribution in [0.4, 0.5) is 11.4 Å². The van der Waals surface area contributed by atoms with Gasteiger partial charge in [-0.25, -0.2) is 0 Å². The summed E-state index contributed by atoms with van der Waals surface area (Å²) in [6.45, 7) is 7.37. The van der Waals surface area contributed by atoms with Crippen molar-refractivity contribution in [2.45, 2.75) is 20.8 Å². The van der Waals surface area contributed by atoms with E-state index in [2.05, 4.69) is 0 Å². The number of benzene rings is 1. The van der Waals surface area contributed by atoms with Gasteiger partial charge in [-0.2, -0.15) is 0 Å². The molecule has 1 amide bonds. The van der Waals surface area contributed by atoms with Crippen molar-refractivity contribution in [2.24, 2.45) is 5.92 Å². The van der Waals surface area contributed by atoms with Gasteiger partial charge in [0, 0.05) is 31.4 Å². The Hall–Kier alpha value is -2.24. The van der Waals surface area contributed by atoms with Crippen molar-refractivity contribution in [1.29, 1.82) is 0 Å². The van der Waals surface area contributed by atoms with Crippen molar-refractivity contribution in [3.8, 4) is 5.75 Å². The molecule has 0 aromatic heterocycles. The fourth-order valence-electron chi connectivity index (χ4n) is 2.56. The molecule has 0 aliphatic carbocycles. The normalized spacial score (nSPS) is 15.0. The van der Waals surface area contributed by atoms with E-state index < -0.39 is 11.9 Å². The second-order valence-electron chi connectivity index (χ2n) is 5.36. The number of carboxylic acids is 1. The summed E-state index contributed by atoms with van der Waals surface area (Å²) < 4.78 is 5.52. The molecule has 0 bridgehead atoms. The predicted octanol–water partition coefficient (Wildman–Crippen LogP) is 1.98. The van der Waals surface area contributed by atoms with Crippen LogP contribution in [0.2, 0.25) is 0 Å². The summed E-state index contributed by atoms with van der Waals surface area (Å²) in [4.78, 5) is 26.5. The summed E-state index contributed by atoms with van der Waals surface area (Å²) in [5.41, 5.74) is 1.67. The van der Waals surface area contributed by atoms with Gasteiger partial charge < -0.3 is 19.6 Å². The van der Waals surface area contributed by atoms with Gasteiger partial charge in [-0.15, -0.1) is 0 Å². The molecule has 1 N–H and O–H groups in total. The SMILES string of the molecule is CCN(CC(C)C(=O)O)c1ccc2c(c1)OCC(=O)N2CC. The lowest BCUT2D eigenvalue weighted by atomic mass is 10.1. The van der Waals surface area contributed by atoms with Gasteiger partial charge in [0.2, 0.25) is 0 Å². The van der Waals surface area contributed by atoms with Crippen LogP contribution in [-0.4, -0.2) is 43.2 Å². The fourth-order valence-corrected chi connectivity index (χ4v) is 2.56. The van der Waals surface area contributed by atoms with Crippen molar-refractivity contribution >= 4 is 23.3 Å². The molecule has 22 heavy (non-hydrogen) atoms. The van der Waals surface area contributed by atoms with E-state index in [4.69, 9.17) is 9.84 Å². The molecule has 1 unspecified atom stereocenters. The Morgan fingerprint density at radius 3 is 2.77 bits per heavy atom. The molecule has 0 radical (unpaired) electrons. The molecule has 6 heteroatoms. The number of hydrogen-bond acceptors (Lipinski definition) is 4. The Balaban J connectivity index is 2.26. The monoisotopic (exact) mass is 306 g/mol. The average Bonchev–Trinajstić information content (AvgIpc) is 2.51. The Morgan fingerprint density at radius 2 is 2.18 bits per heavy atom. The molecule has 1 aromatic carbocycles. The Bertz CT molecular complexity index is 573. The number of rotatable bonds is 6. The molecular weight excluding hydrogens is 284 g/mol. The zero-order valence-electron chi connectivity index (χ0n) is 13.2. The molecule has 6 nitrogen and oxygen atoms in total. The van der Waals surface area contributed by atoms with Crippen LogP contribution in [0.1, 0.15) is 20.8 Å². The Morgan fingerprint density at radius 1 is 1.45 bits per heavy atom. The molecule has 120 valence electrons. The Labute approximate surface area is 130 Å². The van der Waals surface area contributed by atoms with Crippen LogP contribution in [0.15, 0.2) is 18.2 Å². The highest BCUT2D eigenvalue weighted by Gasteiger charge is 2.25. The van der Waals surface area contributed by atoms with Crippen molar-refractivity contribution in [2.75, 3.05) is 36.0 Å². The molecule has 1 aliphatic heterocycles. The van der Waals surface area contributed by atoms with E-state index in [0.29, 0.717) is 25.4 Å². The number of anilines is 2. The van der Waals surface area contributed by atoms with E-state index in [1.165, 1.54) is 0 Å². The van der Waals surface area contributed by atoms with Gasteiger partial charge in [-0.3, -0.25) is 9.59 Å². The highest BCUT2D eigenvalue weighted by Crippen LogP contribution is 2.35. The van der Waals surface area contributed by atoms with Gasteiger partial charge in [-0.05, 0) is 26.0 Å².